The summed E-state index contributed by atoms with van der Waals surface area (Å²) in [7, 11) is 0. The van der Waals surface area contributed by atoms with Crippen LogP contribution in [0.5, 0.6) is 10.9 Å². The van der Waals surface area contributed by atoms with Gasteiger partial charge in [0.1, 0.15) is 10.8 Å². The van der Waals surface area contributed by atoms with E-state index in [1.54, 1.807) is 6.20 Å². The Hall–Kier alpha value is -2.05. The van der Waals surface area contributed by atoms with Crippen LogP contribution in [0, 0.1) is 0 Å². The van der Waals surface area contributed by atoms with Crippen LogP contribution in [0.1, 0.15) is 18.4 Å². The van der Waals surface area contributed by atoms with E-state index in [1.165, 1.54) is 11.3 Å². The lowest BCUT2D eigenvalue weighted by Gasteiger charge is -2.02. The van der Waals surface area contributed by atoms with E-state index in [1.807, 2.05) is 30.3 Å². The predicted octanol–water partition coefficient (Wildman–Crippen LogP) is 3.38. The highest BCUT2D eigenvalue weighted by molar-refractivity contribution is 7.13. The van der Waals surface area contributed by atoms with Crippen molar-refractivity contribution in [3.8, 4) is 10.9 Å². The summed E-state index contributed by atoms with van der Waals surface area (Å²) < 4.78 is 5.75. The van der Waals surface area contributed by atoms with Gasteiger partial charge < -0.3 is 10.1 Å². The van der Waals surface area contributed by atoms with Crippen LogP contribution in [0.15, 0.2) is 36.5 Å². The van der Waals surface area contributed by atoms with Gasteiger partial charge in [0.15, 0.2) is 0 Å². The number of pyridine rings is 1. The monoisotopic (exact) mass is 300 g/mol. The van der Waals surface area contributed by atoms with Gasteiger partial charge in [0.25, 0.3) is 5.19 Å². The van der Waals surface area contributed by atoms with Gasteiger partial charge >= 0.3 is 0 Å². The topological polar surface area (TPSA) is 59.9 Å². The Balaban J connectivity index is 1.70. The summed E-state index contributed by atoms with van der Waals surface area (Å²) in [5, 5.41) is 14.0. The molecule has 3 rings (SSSR count). The van der Waals surface area contributed by atoms with Crippen LogP contribution in [0.25, 0.3) is 10.9 Å². The summed E-state index contributed by atoms with van der Waals surface area (Å²) in [6.07, 6.45) is 2.88. The maximum absolute atomic E-state index is 5.75. The minimum absolute atomic E-state index is 0.554. The summed E-state index contributed by atoms with van der Waals surface area (Å²) in [5.74, 6) is 0.727. The van der Waals surface area contributed by atoms with Crippen LogP contribution in [0.4, 0.5) is 0 Å². The first kappa shape index (κ1) is 13.9. The van der Waals surface area contributed by atoms with Gasteiger partial charge in [-0.25, -0.2) is 0 Å². The number of ether oxygens (including phenoxy) is 1. The molecule has 0 aliphatic heterocycles. The number of nitrogens with zero attached hydrogens (tertiary/aromatic N) is 3. The highest BCUT2D eigenvalue weighted by Gasteiger charge is 2.06. The molecule has 0 aliphatic carbocycles. The smallest absolute Gasteiger partial charge is 0.299 e. The summed E-state index contributed by atoms with van der Waals surface area (Å²) >= 11 is 1.46. The molecule has 21 heavy (non-hydrogen) atoms. The lowest BCUT2D eigenvalue weighted by Crippen LogP contribution is -2.13. The molecule has 0 aliphatic rings. The van der Waals surface area contributed by atoms with Crippen LogP contribution in [0.3, 0.4) is 0 Å². The van der Waals surface area contributed by atoms with Gasteiger partial charge in [-0.15, -0.1) is 5.10 Å². The molecule has 1 aromatic carbocycles. The molecule has 0 unspecified atom stereocenters. The molecule has 0 bridgehead atoms. The van der Waals surface area contributed by atoms with Crippen molar-refractivity contribution in [1.29, 1.82) is 0 Å². The van der Waals surface area contributed by atoms with Crippen molar-refractivity contribution in [3.05, 3.63) is 41.5 Å². The first-order valence-electron chi connectivity index (χ1n) is 6.91. The molecule has 5 nitrogen and oxygen atoms in total. The zero-order chi connectivity index (χ0) is 14.5. The van der Waals surface area contributed by atoms with Crippen molar-refractivity contribution in [2.24, 2.45) is 0 Å². The second kappa shape index (κ2) is 6.60. The van der Waals surface area contributed by atoms with Gasteiger partial charge in [0, 0.05) is 24.2 Å². The Morgan fingerprint density at radius 1 is 1.24 bits per heavy atom. The van der Waals surface area contributed by atoms with Crippen LogP contribution in [0.2, 0.25) is 0 Å². The molecule has 6 heteroatoms. The van der Waals surface area contributed by atoms with E-state index < -0.39 is 0 Å². The lowest BCUT2D eigenvalue weighted by atomic mass is 10.2. The average Bonchev–Trinajstić information content (AvgIpc) is 2.95. The molecule has 0 spiro atoms. The van der Waals surface area contributed by atoms with Gasteiger partial charge in [-0.05, 0) is 31.2 Å². The second-order valence-electron chi connectivity index (χ2n) is 4.60. The third-order valence-corrected chi connectivity index (χ3v) is 3.74. The molecular weight excluding hydrogens is 284 g/mol. The quantitative estimate of drug-likeness (QED) is 0.707. The molecule has 0 radical (unpaired) electrons. The van der Waals surface area contributed by atoms with Crippen molar-refractivity contribution in [2.45, 2.75) is 19.9 Å². The number of hydrogen-bond acceptors (Lipinski definition) is 6. The number of fused-ring (bicyclic) bond motifs is 1. The highest BCUT2D eigenvalue weighted by atomic mass is 32.1. The molecule has 0 fully saturated rings. The van der Waals surface area contributed by atoms with Crippen molar-refractivity contribution in [2.75, 3.05) is 6.54 Å². The maximum atomic E-state index is 5.75. The van der Waals surface area contributed by atoms with E-state index in [2.05, 4.69) is 27.4 Å². The second-order valence-corrected chi connectivity index (χ2v) is 5.62. The number of rotatable bonds is 6. The van der Waals surface area contributed by atoms with Crippen LogP contribution in [-0.2, 0) is 6.54 Å². The molecular formula is C15H16N4OS. The van der Waals surface area contributed by atoms with Crippen molar-refractivity contribution in [3.63, 3.8) is 0 Å². The van der Waals surface area contributed by atoms with E-state index in [9.17, 15) is 0 Å². The van der Waals surface area contributed by atoms with Crippen molar-refractivity contribution >= 4 is 22.2 Å². The molecule has 2 heterocycles. The van der Waals surface area contributed by atoms with E-state index in [4.69, 9.17) is 4.74 Å². The zero-order valence-electron chi connectivity index (χ0n) is 11.7. The fourth-order valence-electron chi connectivity index (χ4n) is 1.93. The Labute approximate surface area is 127 Å². The molecule has 0 saturated heterocycles. The molecule has 2 aromatic heterocycles. The van der Waals surface area contributed by atoms with E-state index in [0.717, 1.165) is 41.2 Å². The zero-order valence-corrected chi connectivity index (χ0v) is 12.6. The van der Waals surface area contributed by atoms with Gasteiger partial charge in [-0.1, -0.05) is 29.4 Å². The summed E-state index contributed by atoms with van der Waals surface area (Å²) in [5.41, 5.74) is 0.907. The van der Waals surface area contributed by atoms with E-state index in [-0.39, 0.29) is 0 Å². The fourth-order valence-corrected chi connectivity index (χ4v) is 2.61. The first-order valence-corrected chi connectivity index (χ1v) is 7.72. The predicted molar refractivity (Wildman–Crippen MR) is 83.7 cm³/mol. The summed E-state index contributed by atoms with van der Waals surface area (Å²) in [4.78, 5) is 4.32. The molecule has 0 atom stereocenters. The fraction of sp³-hybridized carbons (Fsp3) is 0.267. The Kier molecular flexibility index (Phi) is 4.37. The Morgan fingerprint density at radius 3 is 3.10 bits per heavy atom. The van der Waals surface area contributed by atoms with Crippen LogP contribution >= 0.6 is 11.3 Å². The van der Waals surface area contributed by atoms with Gasteiger partial charge in [0.05, 0.1) is 5.52 Å². The minimum atomic E-state index is 0.554. The summed E-state index contributed by atoms with van der Waals surface area (Å²) in [6.45, 7) is 3.84. The third-order valence-electron chi connectivity index (χ3n) is 2.93. The van der Waals surface area contributed by atoms with E-state index >= 15 is 0 Å². The van der Waals surface area contributed by atoms with Crippen LogP contribution in [-0.4, -0.2) is 21.7 Å². The van der Waals surface area contributed by atoms with Crippen molar-refractivity contribution in [1.82, 2.24) is 20.5 Å². The normalized spacial score (nSPS) is 10.9. The van der Waals surface area contributed by atoms with Gasteiger partial charge in [0.2, 0.25) is 0 Å². The number of benzene rings is 1. The Bertz CT molecular complexity index is 728. The molecule has 3 aromatic rings. The number of hydrogen-bond donors (Lipinski definition) is 1. The Morgan fingerprint density at radius 2 is 2.19 bits per heavy atom. The molecule has 108 valence electrons. The van der Waals surface area contributed by atoms with E-state index in [0.29, 0.717) is 5.19 Å². The molecule has 1 N–H and O–H groups in total. The number of nitrogens with one attached hydrogen (secondary N) is 1. The number of aromatic nitrogens is 3. The maximum Gasteiger partial charge on any atom is 0.299 e. The molecule has 0 saturated carbocycles. The average molecular weight is 300 g/mol. The van der Waals surface area contributed by atoms with Gasteiger partial charge in [-0.2, -0.15) is 0 Å². The standard InChI is InChI=1S/C15H16N4OS/c1-2-7-16-10-14-18-19-15(21-14)20-12-6-5-11-4-3-8-17-13(11)9-12/h3-6,8-9,16H,2,7,10H2,1H3. The minimum Gasteiger partial charge on any atom is -0.430 e. The van der Waals surface area contributed by atoms with Crippen molar-refractivity contribution < 1.29 is 4.74 Å². The lowest BCUT2D eigenvalue weighted by molar-refractivity contribution is 0.473. The third kappa shape index (κ3) is 3.53. The molecule has 0 amide bonds. The van der Waals surface area contributed by atoms with Crippen LogP contribution < -0.4 is 10.1 Å². The summed E-state index contributed by atoms with van der Waals surface area (Å²) in [6, 6.07) is 9.76. The van der Waals surface area contributed by atoms with Gasteiger partial charge in [-0.3, -0.25) is 4.98 Å². The SMILES string of the molecule is CCCNCc1nnc(Oc2ccc3cccnc3c2)s1. The largest absolute Gasteiger partial charge is 0.430 e. The first-order chi connectivity index (χ1) is 10.3. The highest BCUT2D eigenvalue weighted by Crippen LogP contribution is 2.27.